The van der Waals surface area contributed by atoms with Gasteiger partial charge in [-0.1, -0.05) is 12.1 Å². The Bertz CT molecular complexity index is 1030. The number of aromatic nitrogens is 2. The van der Waals surface area contributed by atoms with Crippen molar-refractivity contribution in [3.63, 3.8) is 0 Å². The number of hydrogen-bond donors (Lipinski definition) is 2. The van der Waals surface area contributed by atoms with Gasteiger partial charge in [0, 0.05) is 60.6 Å². The van der Waals surface area contributed by atoms with E-state index in [1.807, 2.05) is 31.2 Å². The maximum atomic E-state index is 12.6. The van der Waals surface area contributed by atoms with Gasteiger partial charge in [0.15, 0.2) is 0 Å². The zero-order valence-electron chi connectivity index (χ0n) is 19.1. The minimum absolute atomic E-state index is 0.240. The lowest BCUT2D eigenvalue weighted by Crippen LogP contribution is -2.28. The second-order valence-electron chi connectivity index (χ2n) is 7.44. The molecule has 2 amide bonds. The maximum absolute atomic E-state index is 12.6. The van der Waals surface area contributed by atoms with E-state index in [0.29, 0.717) is 48.8 Å². The lowest BCUT2D eigenvalue weighted by Gasteiger charge is -2.10. The van der Waals surface area contributed by atoms with Crippen molar-refractivity contribution >= 4 is 11.8 Å². The lowest BCUT2D eigenvalue weighted by atomic mass is 10.1. The van der Waals surface area contributed by atoms with Crippen LogP contribution in [0.25, 0.3) is 0 Å². The first kappa shape index (κ1) is 23.7. The minimum Gasteiger partial charge on any atom is -0.481 e. The highest BCUT2D eigenvalue weighted by Crippen LogP contribution is 2.11. The molecule has 3 aromatic rings. The van der Waals surface area contributed by atoms with Crippen molar-refractivity contribution in [1.82, 2.24) is 20.6 Å². The minimum atomic E-state index is -0.240. The fraction of sp³-hybridized carbons (Fsp3) is 0.280. The molecule has 2 aromatic heterocycles. The number of ether oxygens (including phenoxy) is 2. The van der Waals surface area contributed by atoms with Crippen LogP contribution in [0.1, 0.15) is 37.7 Å². The Balaban J connectivity index is 1.54. The van der Waals surface area contributed by atoms with E-state index in [4.69, 9.17) is 9.47 Å². The Morgan fingerprint density at radius 1 is 0.758 bits per heavy atom. The van der Waals surface area contributed by atoms with E-state index < -0.39 is 0 Å². The topological polar surface area (TPSA) is 102 Å². The molecule has 33 heavy (non-hydrogen) atoms. The number of rotatable bonds is 10. The summed E-state index contributed by atoms with van der Waals surface area (Å²) in [4.78, 5) is 33.9. The molecule has 2 N–H and O–H groups in total. The van der Waals surface area contributed by atoms with Crippen molar-refractivity contribution in [1.29, 1.82) is 0 Å². The molecule has 0 atom stereocenters. The number of carbonyl (C=O) groups excluding carboxylic acids is 2. The highest BCUT2D eigenvalue weighted by molar-refractivity contribution is 6.00. The van der Waals surface area contributed by atoms with Crippen molar-refractivity contribution < 1.29 is 19.1 Å². The van der Waals surface area contributed by atoms with Crippen molar-refractivity contribution in [3.8, 4) is 11.8 Å². The van der Waals surface area contributed by atoms with Gasteiger partial charge >= 0.3 is 0 Å². The van der Waals surface area contributed by atoms with E-state index in [0.717, 1.165) is 17.0 Å². The summed E-state index contributed by atoms with van der Waals surface area (Å²) in [6.45, 7) is 2.69. The van der Waals surface area contributed by atoms with Crippen LogP contribution in [0.3, 0.4) is 0 Å². The fourth-order valence-electron chi connectivity index (χ4n) is 3.28. The van der Waals surface area contributed by atoms with Gasteiger partial charge in [0.25, 0.3) is 11.8 Å². The predicted octanol–water partition coefficient (Wildman–Crippen LogP) is 2.75. The largest absolute Gasteiger partial charge is 0.481 e. The summed E-state index contributed by atoms with van der Waals surface area (Å²) < 4.78 is 10.2. The molecule has 0 aliphatic carbocycles. The normalized spacial score (nSPS) is 10.4. The van der Waals surface area contributed by atoms with Crippen molar-refractivity contribution in [2.24, 2.45) is 0 Å². The number of nitrogens with one attached hydrogen (secondary N) is 2. The molecule has 0 aliphatic heterocycles. The number of methoxy groups -OCH3 is 2. The summed E-state index contributed by atoms with van der Waals surface area (Å²) in [7, 11) is 3.13. The molecule has 8 heteroatoms. The van der Waals surface area contributed by atoms with Gasteiger partial charge in [0.2, 0.25) is 11.8 Å². The summed E-state index contributed by atoms with van der Waals surface area (Å²) in [6, 6.07) is 16.1. The summed E-state index contributed by atoms with van der Waals surface area (Å²) in [6.07, 6.45) is 1.14. The number of pyridine rings is 2. The van der Waals surface area contributed by atoms with E-state index in [9.17, 15) is 9.59 Å². The average molecular weight is 449 g/mol. The zero-order chi connectivity index (χ0) is 23.6. The van der Waals surface area contributed by atoms with E-state index in [2.05, 4.69) is 20.6 Å². The molecular weight excluding hydrogens is 420 g/mol. The Hall–Kier alpha value is -3.94. The van der Waals surface area contributed by atoms with Crippen molar-refractivity contribution in [2.75, 3.05) is 27.3 Å². The van der Waals surface area contributed by atoms with Crippen LogP contribution in [0.5, 0.6) is 11.8 Å². The Morgan fingerprint density at radius 3 is 1.64 bits per heavy atom. The molecule has 0 spiro atoms. The Kier molecular flexibility index (Phi) is 8.35. The summed E-state index contributed by atoms with van der Waals surface area (Å²) in [5, 5.41) is 5.76. The van der Waals surface area contributed by atoms with E-state index >= 15 is 0 Å². The fourth-order valence-corrected chi connectivity index (χ4v) is 3.28. The summed E-state index contributed by atoms with van der Waals surface area (Å²) >= 11 is 0. The van der Waals surface area contributed by atoms with Gasteiger partial charge in [0.05, 0.1) is 14.2 Å². The molecule has 0 radical (unpaired) electrons. The highest BCUT2D eigenvalue weighted by atomic mass is 16.5. The number of carbonyl (C=O) groups is 2. The lowest BCUT2D eigenvalue weighted by molar-refractivity contribution is 0.0953. The first-order valence-electron chi connectivity index (χ1n) is 10.7. The van der Waals surface area contributed by atoms with Crippen LogP contribution in [0.4, 0.5) is 0 Å². The SMILES string of the molecule is COc1cccc(CCNC(=O)c2cc(C)cc(C(=O)NCCc3cccc(OC)n3)c2)n1. The quantitative estimate of drug-likeness (QED) is 0.495. The number of aryl methyl sites for hydroxylation is 1. The van der Waals surface area contributed by atoms with E-state index in [1.165, 1.54) is 0 Å². The second-order valence-corrected chi connectivity index (χ2v) is 7.44. The predicted molar refractivity (Wildman–Crippen MR) is 125 cm³/mol. The van der Waals surface area contributed by atoms with Crippen LogP contribution in [0.2, 0.25) is 0 Å². The molecule has 0 unspecified atom stereocenters. The van der Waals surface area contributed by atoms with Crippen LogP contribution < -0.4 is 20.1 Å². The molecular formula is C25H28N4O4. The molecule has 1 aromatic carbocycles. The second kappa shape index (κ2) is 11.6. The van der Waals surface area contributed by atoms with Crippen LogP contribution in [0, 0.1) is 6.92 Å². The van der Waals surface area contributed by atoms with Gasteiger partial charge in [-0.2, -0.15) is 0 Å². The molecule has 8 nitrogen and oxygen atoms in total. The third kappa shape index (κ3) is 7.03. The molecule has 0 aliphatic rings. The van der Waals surface area contributed by atoms with Gasteiger partial charge in [-0.3, -0.25) is 9.59 Å². The number of amides is 2. The van der Waals surface area contributed by atoms with Gasteiger partial charge in [-0.15, -0.1) is 0 Å². The average Bonchev–Trinajstić information content (AvgIpc) is 2.83. The highest BCUT2D eigenvalue weighted by Gasteiger charge is 2.12. The van der Waals surface area contributed by atoms with E-state index in [1.54, 1.807) is 44.6 Å². The monoisotopic (exact) mass is 448 g/mol. The third-order valence-electron chi connectivity index (χ3n) is 4.92. The Labute approximate surface area is 193 Å². The molecule has 172 valence electrons. The molecule has 0 fully saturated rings. The van der Waals surface area contributed by atoms with Crippen LogP contribution in [-0.2, 0) is 12.8 Å². The van der Waals surface area contributed by atoms with Gasteiger partial charge < -0.3 is 20.1 Å². The molecule has 0 bridgehead atoms. The standard InChI is InChI=1S/C25H28N4O4/c1-17-14-18(24(30)26-12-10-20-6-4-8-22(28-20)32-2)16-19(15-17)25(31)27-13-11-21-7-5-9-23(29-21)33-3/h4-9,14-16H,10-13H2,1-3H3,(H,26,30)(H,27,31). The first-order valence-corrected chi connectivity index (χ1v) is 10.7. The van der Waals surface area contributed by atoms with E-state index in [-0.39, 0.29) is 11.8 Å². The summed E-state index contributed by atoms with van der Waals surface area (Å²) in [5.41, 5.74) is 3.35. The molecule has 0 saturated carbocycles. The number of hydrogen-bond acceptors (Lipinski definition) is 6. The molecule has 0 saturated heterocycles. The third-order valence-corrected chi connectivity index (χ3v) is 4.92. The zero-order valence-corrected chi connectivity index (χ0v) is 19.1. The van der Waals surface area contributed by atoms with Crippen LogP contribution in [0.15, 0.2) is 54.6 Å². The van der Waals surface area contributed by atoms with Crippen molar-refractivity contribution in [3.05, 3.63) is 82.7 Å². The van der Waals surface area contributed by atoms with Gasteiger partial charge in [-0.05, 0) is 42.8 Å². The van der Waals surface area contributed by atoms with Crippen molar-refractivity contribution in [2.45, 2.75) is 19.8 Å². The first-order chi connectivity index (χ1) is 16.0. The maximum Gasteiger partial charge on any atom is 0.251 e. The molecule has 3 rings (SSSR count). The Morgan fingerprint density at radius 2 is 1.21 bits per heavy atom. The number of nitrogens with zero attached hydrogens (tertiary/aromatic N) is 2. The van der Waals surface area contributed by atoms with Gasteiger partial charge in [0.1, 0.15) is 0 Å². The molecule has 2 heterocycles. The summed E-state index contributed by atoms with van der Waals surface area (Å²) in [5.74, 6) is 0.596. The smallest absolute Gasteiger partial charge is 0.251 e. The van der Waals surface area contributed by atoms with Crippen LogP contribution in [-0.4, -0.2) is 49.1 Å². The number of benzene rings is 1. The van der Waals surface area contributed by atoms with Gasteiger partial charge in [-0.25, -0.2) is 9.97 Å². The van der Waals surface area contributed by atoms with Crippen LogP contribution >= 0.6 is 0 Å².